The molecule has 19 heavy (non-hydrogen) atoms. The summed E-state index contributed by atoms with van der Waals surface area (Å²) in [7, 11) is 0. The number of aliphatic hydroxyl groups excluding tert-OH is 1. The minimum atomic E-state index is 0.0164. The molecule has 0 radical (unpaired) electrons. The Morgan fingerprint density at radius 2 is 2.05 bits per heavy atom. The molecule has 5 heteroatoms. The second-order valence-electron chi connectivity index (χ2n) is 5.73. The number of fused-ring (bicyclic) bond motifs is 1. The molecule has 1 N–H and O–H groups in total. The maximum Gasteiger partial charge on any atom is 0.212 e. The first-order valence-corrected chi connectivity index (χ1v) is 8.01. The number of imidazole rings is 1. The van der Waals surface area contributed by atoms with E-state index in [1.807, 2.05) is 4.52 Å². The number of hydrogen-bond donors (Lipinski definition) is 1. The van der Waals surface area contributed by atoms with Crippen LogP contribution in [0, 0.1) is 0 Å². The van der Waals surface area contributed by atoms with Crippen LogP contribution < -0.4 is 0 Å². The highest BCUT2D eigenvalue weighted by Gasteiger charge is 2.23. The van der Waals surface area contributed by atoms with Crippen molar-refractivity contribution in [1.82, 2.24) is 14.6 Å². The Hall–Kier alpha value is -0.940. The molecule has 2 aromatic rings. The van der Waals surface area contributed by atoms with Crippen LogP contribution in [0.4, 0.5) is 0 Å². The lowest BCUT2D eigenvalue weighted by Gasteiger charge is -2.18. The summed E-state index contributed by atoms with van der Waals surface area (Å²) in [5, 5.41) is 15.5. The van der Waals surface area contributed by atoms with Gasteiger partial charge in [-0.3, -0.25) is 0 Å². The third kappa shape index (κ3) is 2.30. The molecule has 0 bridgehead atoms. The Kier molecular flexibility index (Phi) is 3.58. The maximum atomic E-state index is 9.58. The Morgan fingerprint density at radius 3 is 2.68 bits per heavy atom. The lowest BCUT2D eigenvalue weighted by atomic mass is 9.90. The van der Waals surface area contributed by atoms with Crippen LogP contribution in [0.5, 0.6) is 0 Å². The van der Waals surface area contributed by atoms with E-state index in [1.165, 1.54) is 37.1 Å². The van der Waals surface area contributed by atoms with Crippen molar-refractivity contribution in [2.75, 3.05) is 0 Å². The fourth-order valence-electron chi connectivity index (χ4n) is 2.95. The Labute approximate surface area is 117 Å². The van der Waals surface area contributed by atoms with E-state index in [0.717, 1.165) is 16.3 Å². The van der Waals surface area contributed by atoms with Crippen molar-refractivity contribution in [2.45, 2.75) is 64.4 Å². The first-order valence-electron chi connectivity index (χ1n) is 7.19. The smallest absolute Gasteiger partial charge is 0.212 e. The van der Waals surface area contributed by atoms with Crippen LogP contribution in [0.2, 0.25) is 0 Å². The minimum Gasteiger partial charge on any atom is -0.390 e. The van der Waals surface area contributed by atoms with Gasteiger partial charge in [-0.1, -0.05) is 44.4 Å². The number of aromatic nitrogens is 3. The summed E-state index contributed by atoms with van der Waals surface area (Å²) in [4.78, 5) is 5.60. The number of aliphatic hydroxyl groups is 1. The molecule has 0 amide bonds. The van der Waals surface area contributed by atoms with E-state index in [-0.39, 0.29) is 6.61 Å². The number of nitrogens with zero attached hydrogens (tertiary/aromatic N) is 3. The molecule has 0 spiro atoms. The highest BCUT2D eigenvalue weighted by atomic mass is 32.1. The van der Waals surface area contributed by atoms with Crippen LogP contribution in [0.15, 0.2) is 0 Å². The van der Waals surface area contributed by atoms with Crippen molar-refractivity contribution in [1.29, 1.82) is 0 Å². The van der Waals surface area contributed by atoms with Crippen molar-refractivity contribution in [2.24, 2.45) is 0 Å². The topological polar surface area (TPSA) is 50.4 Å². The highest BCUT2D eigenvalue weighted by Crippen LogP contribution is 2.35. The fraction of sp³-hybridized carbons (Fsp3) is 0.714. The Balaban J connectivity index is 1.99. The highest BCUT2D eigenvalue weighted by molar-refractivity contribution is 7.16. The summed E-state index contributed by atoms with van der Waals surface area (Å²) < 4.78 is 1.87. The van der Waals surface area contributed by atoms with Gasteiger partial charge in [0.2, 0.25) is 4.96 Å². The molecule has 2 heterocycles. The lowest BCUT2D eigenvalue weighted by Crippen LogP contribution is -2.06. The molecule has 1 aliphatic carbocycles. The zero-order valence-corrected chi connectivity index (χ0v) is 12.4. The van der Waals surface area contributed by atoms with Crippen molar-refractivity contribution in [3.8, 4) is 0 Å². The SMILES string of the molecule is CC(C)c1nc2sc(C3CCCCC3)nn2c1CO. The number of hydrogen-bond acceptors (Lipinski definition) is 4. The van der Waals surface area contributed by atoms with Gasteiger partial charge in [0.25, 0.3) is 0 Å². The quantitative estimate of drug-likeness (QED) is 0.936. The largest absolute Gasteiger partial charge is 0.390 e. The molecule has 2 aromatic heterocycles. The Morgan fingerprint density at radius 1 is 1.32 bits per heavy atom. The summed E-state index contributed by atoms with van der Waals surface area (Å²) >= 11 is 1.70. The molecule has 0 saturated heterocycles. The minimum absolute atomic E-state index is 0.0164. The molecule has 4 nitrogen and oxygen atoms in total. The average molecular weight is 279 g/mol. The third-order valence-electron chi connectivity index (χ3n) is 3.99. The summed E-state index contributed by atoms with van der Waals surface area (Å²) in [6.07, 6.45) is 6.50. The van der Waals surface area contributed by atoms with E-state index in [2.05, 4.69) is 18.8 Å². The third-order valence-corrected chi connectivity index (χ3v) is 5.07. The summed E-state index contributed by atoms with van der Waals surface area (Å²) in [6.45, 7) is 4.23. The summed E-state index contributed by atoms with van der Waals surface area (Å²) in [5.41, 5.74) is 1.85. The zero-order valence-electron chi connectivity index (χ0n) is 11.6. The van der Waals surface area contributed by atoms with Gasteiger partial charge in [0.1, 0.15) is 5.01 Å². The van der Waals surface area contributed by atoms with Gasteiger partial charge >= 0.3 is 0 Å². The second kappa shape index (κ2) is 5.21. The number of rotatable bonds is 3. The van der Waals surface area contributed by atoms with Crippen molar-refractivity contribution < 1.29 is 5.11 Å². The molecule has 3 rings (SSSR count). The molecule has 1 fully saturated rings. The van der Waals surface area contributed by atoms with E-state index < -0.39 is 0 Å². The zero-order chi connectivity index (χ0) is 13.4. The van der Waals surface area contributed by atoms with Crippen molar-refractivity contribution in [3.63, 3.8) is 0 Å². The van der Waals surface area contributed by atoms with Crippen LogP contribution in [-0.4, -0.2) is 19.7 Å². The standard InChI is InChI=1S/C14H21N3OS/c1-9(2)12-11(8-18)17-14(15-12)19-13(16-17)10-6-4-3-5-7-10/h9-10,18H,3-8H2,1-2H3. The second-order valence-corrected chi connectivity index (χ2v) is 6.71. The molecule has 0 aliphatic heterocycles. The van der Waals surface area contributed by atoms with Crippen LogP contribution in [0.1, 0.15) is 74.2 Å². The predicted molar refractivity (Wildman–Crippen MR) is 76.7 cm³/mol. The van der Waals surface area contributed by atoms with E-state index in [9.17, 15) is 5.11 Å². The molecule has 0 unspecified atom stereocenters. The maximum absolute atomic E-state index is 9.58. The van der Waals surface area contributed by atoms with Crippen molar-refractivity contribution >= 4 is 16.3 Å². The normalized spacial score (nSPS) is 17.7. The van der Waals surface area contributed by atoms with Crippen molar-refractivity contribution in [3.05, 3.63) is 16.4 Å². The fourth-order valence-corrected chi connectivity index (χ4v) is 4.04. The van der Waals surface area contributed by atoms with Gasteiger partial charge in [0.15, 0.2) is 0 Å². The molecule has 104 valence electrons. The Bertz CT molecular complexity index is 567. The van der Waals surface area contributed by atoms with E-state index >= 15 is 0 Å². The van der Waals surface area contributed by atoms with Gasteiger partial charge in [0.05, 0.1) is 18.0 Å². The molecule has 1 aliphatic rings. The van der Waals surface area contributed by atoms with Crippen LogP contribution in [0.25, 0.3) is 4.96 Å². The predicted octanol–water partition coefficient (Wildman–Crippen LogP) is 3.45. The van der Waals surface area contributed by atoms with E-state index in [4.69, 9.17) is 5.10 Å². The molecular formula is C14H21N3OS. The van der Waals surface area contributed by atoms with E-state index in [1.54, 1.807) is 11.3 Å². The summed E-state index contributed by atoms with van der Waals surface area (Å²) in [5.74, 6) is 0.934. The van der Waals surface area contributed by atoms with Crippen LogP contribution in [-0.2, 0) is 6.61 Å². The molecular weight excluding hydrogens is 258 g/mol. The van der Waals surface area contributed by atoms with Gasteiger partial charge < -0.3 is 5.11 Å². The van der Waals surface area contributed by atoms with Gasteiger partial charge in [-0.15, -0.1) is 0 Å². The van der Waals surface area contributed by atoms with Gasteiger partial charge in [-0.25, -0.2) is 9.50 Å². The van der Waals surface area contributed by atoms with Gasteiger partial charge in [-0.2, -0.15) is 5.10 Å². The van der Waals surface area contributed by atoms with Gasteiger partial charge in [0, 0.05) is 5.92 Å². The first-order chi connectivity index (χ1) is 9.20. The summed E-state index contributed by atoms with van der Waals surface area (Å²) in [6, 6.07) is 0. The van der Waals surface area contributed by atoms with E-state index in [0.29, 0.717) is 11.8 Å². The monoisotopic (exact) mass is 279 g/mol. The molecule has 0 atom stereocenters. The van der Waals surface area contributed by atoms with Gasteiger partial charge in [-0.05, 0) is 18.8 Å². The van der Waals surface area contributed by atoms with Crippen LogP contribution >= 0.6 is 11.3 Å². The first kappa shape index (κ1) is 13.1. The molecule has 1 saturated carbocycles. The van der Waals surface area contributed by atoms with Crippen LogP contribution in [0.3, 0.4) is 0 Å². The molecule has 0 aromatic carbocycles. The average Bonchev–Trinajstić information content (AvgIpc) is 2.96. The lowest BCUT2D eigenvalue weighted by molar-refractivity contribution is 0.272.